The minimum Gasteiger partial charge on any atom is -0.354 e. The van der Waals surface area contributed by atoms with Gasteiger partial charge in [0, 0.05) is 17.1 Å². The molecule has 176 valence electrons. The highest BCUT2D eigenvalue weighted by atomic mass is 32.1. The summed E-state index contributed by atoms with van der Waals surface area (Å²) in [6.07, 6.45) is 0.807. The van der Waals surface area contributed by atoms with Crippen molar-refractivity contribution in [2.45, 2.75) is 32.9 Å². The summed E-state index contributed by atoms with van der Waals surface area (Å²) in [5.41, 5.74) is 1.66. The van der Waals surface area contributed by atoms with Gasteiger partial charge in [-0.25, -0.2) is 9.07 Å². The molecule has 4 rings (SSSR count). The number of halogens is 1. The molecule has 1 N–H and O–H groups in total. The highest BCUT2D eigenvalue weighted by molar-refractivity contribution is 7.10. The standard InChI is InChI=1S/C25H26FN5O2S/c1-17(2)12-13-27-25(33)24(22-11-6-14-34-22)31(19-8-5-7-18(26)15-19)23(32)16-30-21-10-4-3-9-20(21)28-29-30/h3-11,14-15,17,24H,12-13,16H2,1-2H3,(H,27,33). The molecule has 0 saturated carbocycles. The zero-order valence-corrected chi connectivity index (χ0v) is 19.8. The fourth-order valence-corrected chi connectivity index (χ4v) is 4.52. The lowest BCUT2D eigenvalue weighted by atomic mass is 10.1. The molecule has 1 atom stereocenters. The van der Waals surface area contributed by atoms with Crippen LogP contribution in [0, 0.1) is 11.7 Å². The van der Waals surface area contributed by atoms with Gasteiger partial charge in [-0.3, -0.25) is 14.5 Å². The number of amides is 2. The van der Waals surface area contributed by atoms with Crippen LogP contribution in [-0.2, 0) is 16.1 Å². The lowest BCUT2D eigenvalue weighted by Crippen LogP contribution is -2.45. The molecule has 2 aromatic carbocycles. The molecule has 2 aromatic heterocycles. The van der Waals surface area contributed by atoms with Gasteiger partial charge in [0.1, 0.15) is 23.9 Å². The maximum absolute atomic E-state index is 14.2. The third-order valence-corrected chi connectivity index (χ3v) is 6.33. The second-order valence-corrected chi connectivity index (χ2v) is 9.35. The summed E-state index contributed by atoms with van der Waals surface area (Å²) in [4.78, 5) is 29.2. The Morgan fingerprint density at radius 3 is 2.68 bits per heavy atom. The van der Waals surface area contributed by atoms with E-state index in [1.165, 1.54) is 39.1 Å². The molecular weight excluding hydrogens is 453 g/mol. The van der Waals surface area contributed by atoms with Crippen LogP contribution in [0.4, 0.5) is 10.1 Å². The molecule has 0 aliphatic heterocycles. The van der Waals surface area contributed by atoms with Gasteiger partial charge in [-0.05, 0) is 54.1 Å². The molecule has 1 unspecified atom stereocenters. The van der Waals surface area contributed by atoms with Gasteiger partial charge < -0.3 is 5.32 Å². The summed E-state index contributed by atoms with van der Waals surface area (Å²) in [5, 5.41) is 13.0. The van der Waals surface area contributed by atoms with Gasteiger partial charge in [0.05, 0.1) is 5.52 Å². The third-order valence-electron chi connectivity index (χ3n) is 5.40. The van der Waals surface area contributed by atoms with Crippen molar-refractivity contribution in [3.8, 4) is 0 Å². The van der Waals surface area contributed by atoms with Crippen LogP contribution in [0.3, 0.4) is 0 Å². The Morgan fingerprint density at radius 2 is 1.94 bits per heavy atom. The Labute approximate surface area is 201 Å². The molecule has 0 saturated heterocycles. The predicted molar refractivity (Wildman–Crippen MR) is 131 cm³/mol. The maximum atomic E-state index is 14.2. The van der Waals surface area contributed by atoms with E-state index < -0.39 is 17.8 Å². The van der Waals surface area contributed by atoms with E-state index in [-0.39, 0.29) is 12.5 Å². The molecule has 2 heterocycles. The first-order chi connectivity index (χ1) is 16.4. The number of hydrogen-bond acceptors (Lipinski definition) is 5. The molecule has 2 amide bonds. The smallest absolute Gasteiger partial charge is 0.249 e. The van der Waals surface area contributed by atoms with Crippen LogP contribution in [0.2, 0.25) is 0 Å². The first-order valence-corrected chi connectivity index (χ1v) is 12.0. The average molecular weight is 480 g/mol. The van der Waals surface area contributed by atoms with Crippen molar-refractivity contribution in [1.82, 2.24) is 20.3 Å². The minimum atomic E-state index is -0.948. The Kier molecular flexibility index (Phi) is 7.32. The summed E-state index contributed by atoms with van der Waals surface area (Å²) in [6, 6.07) is 15.7. The lowest BCUT2D eigenvalue weighted by Gasteiger charge is -2.30. The molecule has 0 bridgehead atoms. The summed E-state index contributed by atoms with van der Waals surface area (Å²) in [7, 11) is 0. The summed E-state index contributed by atoms with van der Waals surface area (Å²) in [5.74, 6) is -0.795. The van der Waals surface area contributed by atoms with Crippen molar-refractivity contribution in [3.63, 3.8) is 0 Å². The number of fused-ring (bicyclic) bond motifs is 1. The fraction of sp³-hybridized carbons (Fsp3) is 0.280. The monoisotopic (exact) mass is 479 g/mol. The Balaban J connectivity index is 1.72. The lowest BCUT2D eigenvalue weighted by molar-refractivity contribution is -0.126. The number of anilines is 1. The molecule has 0 spiro atoms. The third kappa shape index (κ3) is 5.31. The normalized spacial score (nSPS) is 12.1. The van der Waals surface area contributed by atoms with Gasteiger partial charge in [-0.15, -0.1) is 16.4 Å². The van der Waals surface area contributed by atoms with E-state index in [1.807, 2.05) is 41.8 Å². The van der Waals surface area contributed by atoms with Crippen molar-refractivity contribution in [2.24, 2.45) is 5.92 Å². The number of aromatic nitrogens is 3. The molecule has 9 heteroatoms. The number of nitrogens with one attached hydrogen (secondary N) is 1. The minimum absolute atomic E-state index is 0.155. The molecule has 4 aromatic rings. The number of hydrogen-bond donors (Lipinski definition) is 1. The maximum Gasteiger partial charge on any atom is 0.249 e. The van der Waals surface area contributed by atoms with Crippen molar-refractivity contribution in [1.29, 1.82) is 0 Å². The van der Waals surface area contributed by atoms with E-state index in [9.17, 15) is 14.0 Å². The van der Waals surface area contributed by atoms with Gasteiger partial charge in [-0.2, -0.15) is 0 Å². The van der Waals surface area contributed by atoms with Crippen molar-refractivity contribution < 1.29 is 14.0 Å². The highest BCUT2D eigenvalue weighted by Gasteiger charge is 2.34. The van der Waals surface area contributed by atoms with Crippen LogP contribution >= 0.6 is 11.3 Å². The van der Waals surface area contributed by atoms with Crippen LogP contribution < -0.4 is 10.2 Å². The number of nitrogens with zero attached hydrogens (tertiary/aromatic N) is 4. The second-order valence-electron chi connectivity index (χ2n) is 8.37. The number of para-hydroxylation sites is 1. The summed E-state index contributed by atoms with van der Waals surface area (Å²) < 4.78 is 15.7. The van der Waals surface area contributed by atoms with Crippen molar-refractivity contribution >= 4 is 39.9 Å². The molecule has 34 heavy (non-hydrogen) atoms. The van der Waals surface area contributed by atoms with Crippen molar-refractivity contribution in [3.05, 3.63) is 76.7 Å². The van der Waals surface area contributed by atoms with Gasteiger partial charge in [0.15, 0.2) is 0 Å². The Hall–Kier alpha value is -3.59. The van der Waals surface area contributed by atoms with Gasteiger partial charge in [0.25, 0.3) is 0 Å². The fourth-order valence-electron chi connectivity index (χ4n) is 3.70. The summed E-state index contributed by atoms with van der Waals surface area (Å²) >= 11 is 1.37. The van der Waals surface area contributed by atoms with E-state index >= 15 is 0 Å². The van der Waals surface area contributed by atoms with E-state index in [2.05, 4.69) is 29.5 Å². The van der Waals surface area contributed by atoms with Crippen LogP contribution in [-0.4, -0.2) is 33.4 Å². The van der Waals surface area contributed by atoms with Crippen LogP contribution in [0.15, 0.2) is 66.0 Å². The molecule has 0 aliphatic carbocycles. The van der Waals surface area contributed by atoms with Crippen LogP contribution in [0.25, 0.3) is 11.0 Å². The van der Waals surface area contributed by atoms with E-state index in [1.54, 1.807) is 6.07 Å². The predicted octanol–water partition coefficient (Wildman–Crippen LogP) is 4.57. The molecule has 0 fully saturated rings. The highest BCUT2D eigenvalue weighted by Crippen LogP contribution is 2.31. The van der Waals surface area contributed by atoms with E-state index in [0.29, 0.717) is 34.1 Å². The van der Waals surface area contributed by atoms with E-state index in [0.717, 1.165) is 6.42 Å². The molecule has 0 aliphatic rings. The van der Waals surface area contributed by atoms with E-state index in [4.69, 9.17) is 0 Å². The molecule has 7 nitrogen and oxygen atoms in total. The molecular formula is C25H26FN5O2S. The largest absolute Gasteiger partial charge is 0.354 e. The topological polar surface area (TPSA) is 80.1 Å². The first-order valence-electron chi connectivity index (χ1n) is 11.1. The summed E-state index contributed by atoms with van der Waals surface area (Å²) in [6.45, 7) is 4.48. The van der Waals surface area contributed by atoms with Gasteiger partial charge in [-0.1, -0.05) is 43.3 Å². The first kappa shape index (κ1) is 23.6. The molecule has 0 radical (unpaired) electrons. The van der Waals surface area contributed by atoms with Crippen molar-refractivity contribution in [2.75, 3.05) is 11.4 Å². The quantitative estimate of drug-likeness (QED) is 0.381. The Morgan fingerprint density at radius 1 is 1.12 bits per heavy atom. The zero-order chi connectivity index (χ0) is 24.1. The van der Waals surface area contributed by atoms with Crippen LogP contribution in [0.1, 0.15) is 31.2 Å². The number of carbonyl (C=O) groups is 2. The number of rotatable bonds is 9. The van der Waals surface area contributed by atoms with Crippen LogP contribution in [0.5, 0.6) is 0 Å². The number of thiophene rings is 1. The number of carbonyl (C=O) groups excluding carboxylic acids is 2. The second kappa shape index (κ2) is 10.6. The number of benzene rings is 2. The Bertz CT molecular complexity index is 1270. The SMILES string of the molecule is CC(C)CCNC(=O)C(c1cccs1)N(C(=O)Cn1nnc2ccccc21)c1cccc(F)c1. The van der Waals surface area contributed by atoms with Gasteiger partial charge >= 0.3 is 0 Å². The zero-order valence-electron chi connectivity index (χ0n) is 19.0. The van der Waals surface area contributed by atoms with Gasteiger partial charge in [0.2, 0.25) is 11.8 Å². The average Bonchev–Trinajstić information content (AvgIpc) is 3.47.